The van der Waals surface area contributed by atoms with Gasteiger partial charge in [-0.15, -0.1) is 11.3 Å². The van der Waals surface area contributed by atoms with Crippen molar-refractivity contribution in [2.24, 2.45) is 0 Å². The molecule has 0 saturated heterocycles. The molecule has 2 aromatic carbocycles. The number of hydrogen-bond donors (Lipinski definition) is 1. The Hall–Kier alpha value is -3.17. The molecular weight excluding hydrogens is 460 g/mol. The summed E-state index contributed by atoms with van der Waals surface area (Å²) in [5.74, 6) is -1.25. The van der Waals surface area contributed by atoms with Crippen LogP contribution in [0.2, 0.25) is 0 Å². The van der Waals surface area contributed by atoms with Gasteiger partial charge in [0.15, 0.2) is 0 Å². The molecule has 0 aliphatic carbocycles. The quantitative estimate of drug-likeness (QED) is 0.493. The van der Waals surface area contributed by atoms with Crippen LogP contribution in [0.3, 0.4) is 0 Å². The Bertz CT molecular complexity index is 1310. The first-order valence-corrected chi connectivity index (χ1v) is 12.5. The molecule has 0 radical (unpaired) electrons. The molecule has 1 aromatic heterocycles. The smallest absolute Gasteiger partial charge is 0.349 e. The van der Waals surface area contributed by atoms with E-state index in [1.165, 1.54) is 18.6 Å². The molecule has 33 heavy (non-hydrogen) atoms. The molecule has 0 spiro atoms. The molecule has 7 nitrogen and oxygen atoms in total. The predicted octanol–water partition coefficient (Wildman–Crippen LogP) is 4.60. The number of sulfonamides is 1. The van der Waals surface area contributed by atoms with Gasteiger partial charge in [0, 0.05) is 5.69 Å². The molecule has 0 bridgehead atoms. The normalized spacial score (nSPS) is 11.2. The van der Waals surface area contributed by atoms with E-state index in [9.17, 15) is 18.0 Å². The highest BCUT2D eigenvalue weighted by Gasteiger charge is 2.32. The fourth-order valence-electron chi connectivity index (χ4n) is 3.21. The lowest BCUT2D eigenvalue weighted by molar-refractivity contribution is -0.114. The molecule has 0 aliphatic heterocycles. The lowest BCUT2D eigenvalue weighted by atomic mass is 10.1. The van der Waals surface area contributed by atoms with Crippen molar-refractivity contribution in [2.45, 2.75) is 32.6 Å². The van der Waals surface area contributed by atoms with E-state index in [1.54, 1.807) is 24.3 Å². The van der Waals surface area contributed by atoms with Crippen molar-refractivity contribution in [3.8, 4) is 0 Å². The number of ether oxygens (including phenoxy) is 1. The van der Waals surface area contributed by atoms with Crippen LogP contribution in [-0.2, 0) is 19.6 Å². The fourth-order valence-corrected chi connectivity index (χ4v) is 5.93. The van der Waals surface area contributed by atoms with Crippen LogP contribution >= 0.6 is 11.3 Å². The lowest BCUT2D eigenvalue weighted by Gasteiger charge is -2.25. The minimum absolute atomic E-state index is 0.0408. The predicted molar refractivity (Wildman–Crippen MR) is 131 cm³/mol. The van der Waals surface area contributed by atoms with E-state index in [-0.39, 0.29) is 9.77 Å². The van der Waals surface area contributed by atoms with Gasteiger partial charge in [-0.25, -0.2) is 13.2 Å². The Balaban J connectivity index is 2.02. The van der Waals surface area contributed by atoms with Gasteiger partial charge in [0.2, 0.25) is 5.91 Å². The molecule has 0 fully saturated rings. The number of nitrogens with zero attached hydrogens (tertiary/aromatic N) is 1. The number of carbonyl (C=O) groups excluding carboxylic acids is 2. The van der Waals surface area contributed by atoms with Gasteiger partial charge in [-0.2, -0.15) is 0 Å². The third-order valence-electron chi connectivity index (χ3n) is 5.42. The molecule has 1 amide bonds. The second-order valence-corrected chi connectivity index (χ2v) is 10.5. The average molecular weight is 487 g/mol. The summed E-state index contributed by atoms with van der Waals surface area (Å²) in [7, 11) is -3.06. The Kier molecular flexibility index (Phi) is 7.24. The summed E-state index contributed by atoms with van der Waals surface area (Å²) < 4.78 is 33.1. The van der Waals surface area contributed by atoms with Crippen LogP contribution in [0.5, 0.6) is 0 Å². The Labute approximate surface area is 198 Å². The van der Waals surface area contributed by atoms with E-state index in [1.807, 2.05) is 39.8 Å². The van der Waals surface area contributed by atoms with Crippen molar-refractivity contribution in [1.29, 1.82) is 0 Å². The Morgan fingerprint density at radius 1 is 0.939 bits per heavy atom. The van der Waals surface area contributed by atoms with Gasteiger partial charge in [0.25, 0.3) is 10.0 Å². The number of anilines is 2. The maximum atomic E-state index is 13.7. The van der Waals surface area contributed by atoms with E-state index in [0.29, 0.717) is 11.4 Å². The number of esters is 1. The molecular formula is C24H26N2O5S2. The molecule has 0 unspecified atom stereocenters. The highest BCUT2D eigenvalue weighted by molar-refractivity contribution is 7.93. The standard InChI is InChI=1S/C24H26N2O5S2/c1-15-6-8-19(12-17(15)3)25-22(27)14-26(20-9-7-16(2)18(4)13-20)33(29,30)21-10-11-32-23(21)24(28)31-5/h6-13H,14H2,1-5H3,(H,25,27). The van der Waals surface area contributed by atoms with Crippen molar-refractivity contribution < 1.29 is 22.7 Å². The highest BCUT2D eigenvalue weighted by Crippen LogP contribution is 2.30. The minimum atomic E-state index is -4.25. The van der Waals surface area contributed by atoms with Gasteiger partial charge in [-0.05, 0) is 85.7 Å². The van der Waals surface area contributed by atoms with Crippen molar-refractivity contribution in [2.75, 3.05) is 23.3 Å². The number of methoxy groups -OCH3 is 1. The first-order chi connectivity index (χ1) is 15.5. The molecule has 0 aliphatic rings. The second kappa shape index (κ2) is 9.76. The number of hydrogen-bond acceptors (Lipinski definition) is 6. The number of aryl methyl sites for hydroxylation is 4. The summed E-state index contributed by atoms with van der Waals surface area (Å²) >= 11 is 0.971. The third-order valence-corrected chi connectivity index (χ3v) is 8.26. The molecule has 3 aromatic rings. The first-order valence-electron chi connectivity index (χ1n) is 10.2. The van der Waals surface area contributed by atoms with E-state index >= 15 is 0 Å². The molecule has 1 N–H and O–H groups in total. The maximum Gasteiger partial charge on any atom is 0.349 e. The number of thiophene rings is 1. The number of carbonyl (C=O) groups is 2. The zero-order valence-electron chi connectivity index (χ0n) is 19.1. The van der Waals surface area contributed by atoms with Crippen molar-refractivity contribution in [3.05, 3.63) is 75.0 Å². The van der Waals surface area contributed by atoms with Gasteiger partial charge in [-0.1, -0.05) is 12.1 Å². The van der Waals surface area contributed by atoms with E-state index in [2.05, 4.69) is 5.32 Å². The van der Waals surface area contributed by atoms with Gasteiger partial charge in [-0.3, -0.25) is 9.10 Å². The highest BCUT2D eigenvalue weighted by atomic mass is 32.2. The SMILES string of the molecule is COC(=O)c1sccc1S(=O)(=O)N(CC(=O)Nc1ccc(C)c(C)c1)c1ccc(C)c(C)c1. The van der Waals surface area contributed by atoms with Crippen LogP contribution in [0.15, 0.2) is 52.7 Å². The van der Waals surface area contributed by atoms with Crippen LogP contribution in [0.25, 0.3) is 0 Å². The van der Waals surface area contributed by atoms with Crippen LogP contribution in [0, 0.1) is 27.7 Å². The molecule has 0 saturated carbocycles. The summed E-state index contributed by atoms with van der Waals surface area (Å²) in [5, 5.41) is 4.27. The van der Waals surface area contributed by atoms with Crippen LogP contribution < -0.4 is 9.62 Å². The largest absolute Gasteiger partial charge is 0.465 e. The van der Waals surface area contributed by atoms with E-state index in [0.717, 1.165) is 37.9 Å². The molecule has 1 heterocycles. The number of nitrogens with one attached hydrogen (secondary N) is 1. The summed E-state index contributed by atoms with van der Waals surface area (Å²) in [5.41, 5.74) is 4.86. The lowest BCUT2D eigenvalue weighted by Crippen LogP contribution is -2.38. The van der Waals surface area contributed by atoms with Gasteiger partial charge >= 0.3 is 5.97 Å². The molecule has 174 valence electrons. The Morgan fingerprint density at radius 2 is 1.58 bits per heavy atom. The van der Waals surface area contributed by atoms with Gasteiger partial charge in [0.05, 0.1) is 12.8 Å². The van der Waals surface area contributed by atoms with E-state index < -0.39 is 28.4 Å². The number of benzene rings is 2. The zero-order valence-corrected chi connectivity index (χ0v) is 20.8. The maximum absolute atomic E-state index is 13.7. The fraction of sp³-hybridized carbons (Fsp3) is 0.250. The summed E-state index contributed by atoms with van der Waals surface area (Å²) in [6.07, 6.45) is 0. The summed E-state index contributed by atoms with van der Waals surface area (Å²) in [6.45, 7) is 7.21. The Morgan fingerprint density at radius 3 is 2.18 bits per heavy atom. The van der Waals surface area contributed by atoms with Crippen LogP contribution in [0.4, 0.5) is 11.4 Å². The average Bonchev–Trinajstić information content (AvgIpc) is 3.27. The molecule has 0 atom stereocenters. The van der Waals surface area contributed by atoms with Crippen LogP contribution in [-0.4, -0.2) is 33.9 Å². The minimum Gasteiger partial charge on any atom is -0.465 e. The summed E-state index contributed by atoms with van der Waals surface area (Å²) in [4.78, 5) is 24.8. The summed E-state index contributed by atoms with van der Waals surface area (Å²) in [6, 6.07) is 12.0. The number of amides is 1. The van der Waals surface area contributed by atoms with Crippen molar-refractivity contribution in [1.82, 2.24) is 0 Å². The zero-order chi connectivity index (χ0) is 24.3. The molecule has 9 heteroatoms. The van der Waals surface area contributed by atoms with Crippen molar-refractivity contribution in [3.63, 3.8) is 0 Å². The monoisotopic (exact) mass is 486 g/mol. The van der Waals surface area contributed by atoms with E-state index in [4.69, 9.17) is 4.74 Å². The van der Waals surface area contributed by atoms with Gasteiger partial charge in [0.1, 0.15) is 16.3 Å². The topological polar surface area (TPSA) is 92.8 Å². The third kappa shape index (κ3) is 5.26. The molecule has 3 rings (SSSR count). The van der Waals surface area contributed by atoms with Crippen LogP contribution in [0.1, 0.15) is 31.9 Å². The second-order valence-electron chi connectivity index (χ2n) is 7.73. The van der Waals surface area contributed by atoms with Gasteiger partial charge < -0.3 is 10.1 Å². The van der Waals surface area contributed by atoms with Crippen molar-refractivity contribution >= 4 is 44.6 Å². The number of rotatable bonds is 7. The first kappa shape index (κ1) is 24.5.